The van der Waals surface area contributed by atoms with Crippen LogP contribution in [-0.2, 0) is 6.54 Å². The van der Waals surface area contributed by atoms with Crippen LogP contribution in [0.4, 0.5) is 0 Å². The summed E-state index contributed by atoms with van der Waals surface area (Å²) in [7, 11) is 1.73. The third kappa shape index (κ3) is 3.86. The predicted octanol–water partition coefficient (Wildman–Crippen LogP) is 5.03. The van der Waals surface area contributed by atoms with Crippen LogP contribution in [0.5, 0.6) is 0 Å². The molecule has 3 aromatic rings. The van der Waals surface area contributed by atoms with Crippen molar-refractivity contribution in [3.05, 3.63) is 75.4 Å². The second kappa shape index (κ2) is 7.20. The van der Waals surface area contributed by atoms with Gasteiger partial charge < -0.3 is 9.42 Å². The molecule has 122 valence electrons. The number of aromatic nitrogens is 1. The van der Waals surface area contributed by atoms with Crippen LogP contribution in [0.3, 0.4) is 0 Å². The van der Waals surface area contributed by atoms with Crippen LogP contribution in [0.2, 0.25) is 5.02 Å². The van der Waals surface area contributed by atoms with E-state index >= 15 is 0 Å². The second-order valence-electron chi connectivity index (χ2n) is 5.37. The van der Waals surface area contributed by atoms with Gasteiger partial charge in [-0.15, -0.1) is 0 Å². The Morgan fingerprint density at radius 2 is 1.96 bits per heavy atom. The first-order valence-corrected chi connectivity index (χ1v) is 8.42. The molecule has 0 aliphatic carbocycles. The van der Waals surface area contributed by atoms with Crippen molar-refractivity contribution < 1.29 is 9.32 Å². The first-order valence-electron chi connectivity index (χ1n) is 7.25. The van der Waals surface area contributed by atoms with Gasteiger partial charge in [-0.1, -0.05) is 57.0 Å². The fourth-order valence-corrected chi connectivity index (χ4v) is 2.74. The minimum Gasteiger partial charge on any atom is -0.355 e. The van der Waals surface area contributed by atoms with Crippen molar-refractivity contribution in [3.63, 3.8) is 0 Å². The lowest BCUT2D eigenvalue weighted by Crippen LogP contribution is -2.26. The van der Waals surface area contributed by atoms with E-state index in [9.17, 15) is 4.79 Å². The lowest BCUT2D eigenvalue weighted by Gasteiger charge is -2.15. The molecule has 0 aliphatic heterocycles. The third-order valence-electron chi connectivity index (χ3n) is 3.52. The van der Waals surface area contributed by atoms with Crippen molar-refractivity contribution in [2.24, 2.45) is 0 Å². The Hall–Kier alpha value is -2.11. The standard InChI is InChI=1S/C18H14BrClN2O2/c1-22(11-12-5-7-14(19)8-6-12)18(23)16-10-17(24-21-16)13-3-2-4-15(20)9-13/h2-10H,11H2,1H3. The maximum Gasteiger partial charge on any atom is 0.276 e. The van der Waals surface area contributed by atoms with E-state index in [1.54, 1.807) is 30.1 Å². The van der Waals surface area contributed by atoms with Gasteiger partial charge in [-0.05, 0) is 29.8 Å². The Bertz CT molecular complexity index is 861. The number of nitrogens with zero attached hydrogens (tertiary/aromatic N) is 2. The van der Waals surface area contributed by atoms with Crippen LogP contribution in [0.15, 0.2) is 63.6 Å². The van der Waals surface area contributed by atoms with Gasteiger partial charge in [0, 0.05) is 34.7 Å². The monoisotopic (exact) mass is 404 g/mol. The number of hydrogen-bond donors (Lipinski definition) is 0. The zero-order chi connectivity index (χ0) is 17.1. The van der Waals surface area contributed by atoms with Crippen LogP contribution in [0.25, 0.3) is 11.3 Å². The molecule has 0 unspecified atom stereocenters. The van der Waals surface area contributed by atoms with Gasteiger partial charge in [-0.2, -0.15) is 0 Å². The summed E-state index contributed by atoms with van der Waals surface area (Å²) in [5.74, 6) is 0.313. The summed E-state index contributed by atoms with van der Waals surface area (Å²) in [5, 5.41) is 4.48. The summed E-state index contributed by atoms with van der Waals surface area (Å²) in [6.07, 6.45) is 0. The number of amides is 1. The molecule has 3 rings (SSSR count). The minimum atomic E-state index is -0.199. The quantitative estimate of drug-likeness (QED) is 0.611. The molecular weight excluding hydrogens is 392 g/mol. The van der Waals surface area contributed by atoms with Gasteiger partial charge in [0.05, 0.1) is 0 Å². The highest BCUT2D eigenvalue weighted by Crippen LogP contribution is 2.24. The van der Waals surface area contributed by atoms with Crippen LogP contribution in [0, 0.1) is 0 Å². The topological polar surface area (TPSA) is 46.3 Å². The van der Waals surface area contributed by atoms with Crippen molar-refractivity contribution in [3.8, 4) is 11.3 Å². The number of carbonyl (C=O) groups excluding carboxylic acids is 1. The highest BCUT2D eigenvalue weighted by molar-refractivity contribution is 9.10. The molecule has 0 bridgehead atoms. The molecule has 0 radical (unpaired) electrons. The first-order chi connectivity index (χ1) is 11.5. The highest BCUT2D eigenvalue weighted by atomic mass is 79.9. The van der Waals surface area contributed by atoms with E-state index in [-0.39, 0.29) is 11.6 Å². The van der Waals surface area contributed by atoms with Crippen LogP contribution >= 0.6 is 27.5 Å². The summed E-state index contributed by atoms with van der Waals surface area (Å²) in [6, 6.07) is 16.7. The molecule has 1 aromatic heterocycles. The summed E-state index contributed by atoms with van der Waals surface area (Å²) >= 11 is 9.37. The summed E-state index contributed by atoms with van der Waals surface area (Å²) in [5.41, 5.74) is 2.09. The van der Waals surface area contributed by atoms with Crippen molar-refractivity contribution >= 4 is 33.4 Å². The molecular formula is C18H14BrClN2O2. The fourth-order valence-electron chi connectivity index (χ4n) is 2.28. The van der Waals surface area contributed by atoms with E-state index in [1.165, 1.54) is 0 Å². The van der Waals surface area contributed by atoms with E-state index in [0.29, 0.717) is 17.3 Å². The van der Waals surface area contributed by atoms with E-state index in [2.05, 4.69) is 21.1 Å². The van der Waals surface area contributed by atoms with Gasteiger partial charge in [0.2, 0.25) is 0 Å². The Labute approximate surface area is 153 Å². The van der Waals surface area contributed by atoms with Gasteiger partial charge in [0.15, 0.2) is 11.5 Å². The van der Waals surface area contributed by atoms with Gasteiger partial charge in [0.25, 0.3) is 5.91 Å². The molecule has 0 saturated heterocycles. The molecule has 0 spiro atoms. The average molecular weight is 406 g/mol. The zero-order valence-corrected chi connectivity index (χ0v) is 15.2. The maximum absolute atomic E-state index is 12.5. The largest absolute Gasteiger partial charge is 0.355 e. The highest BCUT2D eigenvalue weighted by Gasteiger charge is 2.18. The van der Waals surface area contributed by atoms with Gasteiger partial charge >= 0.3 is 0 Å². The van der Waals surface area contributed by atoms with Gasteiger partial charge in [-0.25, -0.2) is 0 Å². The molecule has 0 fully saturated rings. The molecule has 1 amide bonds. The molecule has 0 aliphatic rings. The molecule has 0 saturated carbocycles. The lowest BCUT2D eigenvalue weighted by atomic mass is 10.1. The Morgan fingerprint density at radius 3 is 2.67 bits per heavy atom. The summed E-state index contributed by atoms with van der Waals surface area (Å²) in [6.45, 7) is 0.492. The number of hydrogen-bond acceptors (Lipinski definition) is 3. The fraction of sp³-hybridized carbons (Fsp3) is 0.111. The smallest absolute Gasteiger partial charge is 0.276 e. The number of carbonyl (C=O) groups is 1. The van der Waals surface area contributed by atoms with Crippen molar-refractivity contribution in [2.75, 3.05) is 7.05 Å². The Balaban J connectivity index is 1.74. The van der Waals surface area contributed by atoms with Crippen LogP contribution in [0.1, 0.15) is 16.1 Å². The number of rotatable bonds is 4. The normalized spacial score (nSPS) is 10.6. The molecule has 2 aromatic carbocycles. The molecule has 4 nitrogen and oxygen atoms in total. The van der Waals surface area contributed by atoms with Gasteiger partial charge in [-0.3, -0.25) is 4.79 Å². The predicted molar refractivity (Wildman–Crippen MR) is 96.9 cm³/mol. The average Bonchev–Trinajstić information content (AvgIpc) is 3.06. The van der Waals surface area contributed by atoms with Gasteiger partial charge in [0.1, 0.15) is 0 Å². The Kier molecular flexibility index (Phi) is 5.02. The van der Waals surface area contributed by atoms with E-state index in [1.807, 2.05) is 36.4 Å². The second-order valence-corrected chi connectivity index (χ2v) is 6.73. The molecule has 6 heteroatoms. The molecule has 24 heavy (non-hydrogen) atoms. The van der Waals surface area contributed by atoms with E-state index < -0.39 is 0 Å². The minimum absolute atomic E-state index is 0.199. The molecule has 1 heterocycles. The summed E-state index contributed by atoms with van der Waals surface area (Å²) < 4.78 is 6.28. The number of halogens is 2. The van der Waals surface area contributed by atoms with Crippen molar-refractivity contribution in [1.29, 1.82) is 0 Å². The Morgan fingerprint density at radius 1 is 1.21 bits per heavy atom. The number of benzene rings is 2. The maximum atomic E-state index is 12.5. The summed E-state index contributed by atoms with van der Waals surface area (Å²) in [4.78, 5) is 14.1. The van der Waals surface area contributed by atoms with Crippen LogP contribution < -0.4 is 0 Å². The molecule has 0 atom stereocenters. The SMILES string of the molecule is CN(Cc1ccc(Br)cc1)C(=O)c1cc(-c2cccc(Cl)c2)on1. The molecule has 0 N–H and O–H groups in total. The first kappa shape index (κ1) is 16.7. The zero-order valence-electron chi connectivity index (χ0n) is 12.9. The van der Waals surface area contributed by atoms with E-state index in [4.69, 9.17) is 16.1 Å². The third-order valence-corrected chi connectivity index (χ3v) is 4.28. The van der Waals surface area contributed by atoms with Crippen LogP contribution in [-0.4, -0.2) is 23.0 Å². The lowest BCUT2D eigenvalue weighted by molar-refractivity contribution is 0.0775. The van der Waals surface area contributed by atoms with Crippen molar-refractivity contribution in [2.45, 2.75) is 6.54 Å². The van der Waals surface area contributed by atoms with Crippen molar-refractivity contribution in [1.82, 2.24) is 10.1 Å². The van der Waals surface area contributed by atoms with E-state index in [0.717, 1.165) is 15.6 Å².